The van der Waals surface area contributed by atoms with Crippen LogP contribution in [0.4, 0.5) is 4.79 Å². The van der Waals surface area contributed by atoms with E-state index in [-0.39, 0.29) is 19.1 Å². The average Bonchev–Trinajstić information content (AvgIpc) is 3.12. The number of fused-ring (bicyclic) bond motifs is 3. The molecule has 0 radical (unpaired) electrons. The molecule has 2 N–H and O–H groups in total. The van der Waals surface area contributed by atoms with Crippen LogP contribution in [0.3, 0.4) is 0 Å². The van der Waals surface area contributed by atoms with Gasteiger partial charge < -0.3 is 19.9 Å². The molecule has 142 valence electrons. The fraction of sp³-hybridized carbons (Fsp3) is 0.409. The lowest BCUT2D eigenvalue weighted by Gasteiger charge is -2.34. The number of rotatable bonds is 4. The number of aliphatic hydroxyl groups is 1. The molecule has 0 saturated carbocycles. The van der Waals surface area contributed by atoms with E-state index in [9.17, 15) is 9.90 Å². The van der Waals surface area contributed by atoms with Crippen LogP contribution in [0.15, 0.2) is 48.5 Å². The van der Waals surface area contributed by atoms with Crippen molar-refractivity contribution in [3.8, 4) is 11.1 Å². The summed E-state index contributed by atoms with van der Waals surface area (Å²) in [5.74, 6) is 0.0255. The van der Waals surface area contributed by atoms with Crippen LogP contribution >= 0.6 is 0 Å². The Bertz CT molecular complexity index is 817. The van der Waals surface area contributed by atoms with Crippen LogP contribution in [0.2, 0.25) is 0 Å². The Morgan fingerprint density at radius 1 is 1.15 bits per heavy atom. The molecule has 0 spiro atoms. The molecule has 27 heavy (non-hydrogen) atoms. The molecule has 0 bridgehead atoms. The van der Waals surface area contributed by atoms with Gasteiger partial charge in [0.25, 0.3) is 0 Å². The van der Waals surface area contributed by atoms with Crippen LogP contribution in [-0.2, 0) is 9.47 Å². The Hall–Kier alpha value is -2.37. The zero-order chi connectivity index (χ0) is 19.1. The SMILES string of the molecule is CC1(C)OCCC1(O)CNC(=O)OCC1c2ccccc2-c2ccccc21. The third-order valence-corrected chi connectivity index (χ3v) is 5.97. The molecule has 1 amide bonds. The van der Waals surface area contributed by atoms with E-state index in [1.54, 1.807) is 0 Å². The molecule has 1 fully saturated rings. The number of carbonyl (C=O) groups is 1. The van der Waals surface area contributed by atoms with Crippen LogP contribution in [0.25, 0.3) is 11.1 Å². The van der Waals surface area contributed by atoms with Crippen molar-refractivity contribution >= 4 is 6.09 Å². The van der Waals surface area contributed by atoms with Crippen molar-refractivity contribution in [2.75, 3.05) is 19.8 Å². The zero-order valence-corrected chi connectivity index (χ0v) is 15.7. The summed E-state index contributed by atoms with van der Waals surface area (Å²) in [5.41, 5.74) is 2.97. The van der Waals surface area contributed by atoms with Crippen molar-refractivity contribution in [2.24, 2.45) is 0 Å². The largest absolute Gasteiger partial charge is 0.449 e. The summed E-state index contributed by atoms with van der Waals surface area (Å²) in [4.78, 5) is 12.2. The number of ether oxygens (including phenoxy) is 2. The van der Waals surface area contributed by atoms with Crippen LogP contribution in [0.1, 0.15) is 37.3 Å². The van der Waals surface area contributed by atoms with Crippen molar-refractivity contribution in [1.82, 2.24) is 5.32 Å². The Morgan fingerprint density at radius 2 is 1.74 bits per heavy atom. The van der Waals surface area contributed by atoms with E-state index in [0.29, 0.717) is 13.0 Å². The van der Waals surface area contributed by atoms with E-state index >= 15 is 0 Å². The summed E-state index contributed by atoms with van der Waals surface area (Å²) in [7, 11) is 0. The number of amides is 1. The number of hydrogen-bond acceptors (Lipinski definition) is 4. The number of nitrogens with one attached hydrogen (secondary N) is 1. The van der Waals surface area contributed by atoms with Gasteiger partial charge in [0.1, 0.15) is 12.2 Å². The van der Waals surface area contributed by atoms with Crippen molar-refractivity contribution in [3.05, 3.63) is 59.7 Å². The number of benzene rings is 2. The minimum atomic E-state index is -1.08. The van der Waals surface area contributed by atoms with Crippen molar-refractivity contribution in [3.63, 3.8) is 0 Å². The van der Waals surface area contributed by atoms with Crippen molar-refractivity contribution in [2.45, 2.75) is 37.4 Å². The van der Waals surface area contributed by atoms with Gasteiger partial charge in [-0.25, -0.2) is 4.79 Å². The van der Waals surface area contributed by atoms with Gasteiger partial charge in [-0.1, -0.05) is 48.5 Å². The second-order valence-corrected chi connectivity index (χ2v) is 7.82. The second kappa shape index (κ2) is 6.66. The number of hydrogen-bond donors (Lipinski definition) is 2. The zero-order valence-electron chi connectivity index (χ0n) is 15.7. The molecule has 1 saturated heterocycles. The summed E-state index contributed by atoms with van der Waals surface area (Å²) in [6.45, 7) is 4.52. The van der Waals surface area contributed by atoms with Crippen LogP contribution in [-0.4, -0.2) is 42.2 Å². The van der Waals surface area contributed by atoms with E-state index in [1.165, 1.54) is 22.3 Å². The first kappa shape index (κ1) is 18.0. The fourth-order valence-electron chi connectivity index (χ4n) is 4.08. The lowest BCUT2D eigenvalue weighted by Crippen LogP contribution is -2.54. The third-order valence-electron chi connectivity index (χ3n) is 5.97. The maximum Gasteiger partial charge on any atom is 0.407 e. The van der Waals surface area contributed by atoms with E-state index in [2.05, 4.69) is 29.6 Å². The molecule has 5 nitrogen and oxygen atoms in total. The van der Waals surface area contributed by atoms with E-state index in [0.717, 1.165) is 0 Å². The van der Waals surface area contributed by atoms with Crippen LogP contribution in [0.5, 0.6) is 0 Å². The smallest absolute Gasteiger partial charge is 0.407 e. The summed E-state index contributed by atoms with van der Waals surface area (Å²) in [6, 6.07) is 16.4. The van der Waals surface area contributed by atoms with Gasteiger partial charge in [0.05, 0.1) is 18.8 Å². The van der Waals surface area contributed by atoms with Crippen molar-refractivity contribution < 1.29 is 19.4 Å². The summed E-state index contributed by atoms with van der Waals surface area (Å²) in [5, 5.41) is 13.4. The number of carbonyl (C=O) groups excluding carboxylic acids is 1. The minimum Gasteiger partial charge on any atom is -0.449 e. The normalized spacial score (nSPS) is 22.9. The molecule has 5 heteroatoms. The molecule has 4 rings (SSSR count). The van der Waals surface area contributed by atoms with Gasteiger partial charge in [0.2, 0.25) is 0 Å². The molecule has 1 unspecified atom stereocenters. The van der Waals surface area contributed by atoms with Gasteiger partial charge >= 0.3 is 6.09 Å². The third kappa shape index (κ3) is 3.11. The summed E-state index contributed by atoms with van der Waals surface area (Å²) >= 11 is 0. The summed E-state index contributed by atoms with van der Waals surface area (Å²) < 4.78 is 11.1. The van der Waals surface area contributed by atoms with Gasteiger partial charge in [-0.05, 0) is 36.1 Å². The Balaban J connectivity index is 1.41. The molecule has 1 atom stereocenters. The standard InChI is InChI=1S/C22H25NO4/c1-21(2)22(25,11-12-27-21)14-23-20(24)26-13-19-17-9-5-3-7-15(17)16-8-4-6-10-18(16)19/h3-10,19,25H,11-14H2,1-2H3,(H,23,24). The first-order valence-electron chi connectivity index (χ1n) is 9.36. The number of alkyl carbamates (subject to hydrolysis) is 1. The molecule has 1 aliphatic carbocycles. The summed E-state index contributed by atoms with van der Waals surface area (Å²) in [6.07, 6.45) is -0.0306. The van der Waals surface area contributed by atoms with Gasteiger partial charge in [0, 0.05) is 12.3 Å². The lowest BCUT2D eigenvalue weighted by atomic mass is 9.85. The van der Waals surface area contributed by atoms with E-state index in [1.807, 2.05) is 38.1 Å². The van der Waals surface area contributed by atoms with Gasteiger partial charge in [-0.3, -0.25) is 0 Å². The average molecular weight is 367 g/mol. The van der Waals surface area contributed by atoms with Gasteiger partial charge in [-0.2, -0.15) is 0 Å². The quantitative estimate of drug-likeness (QED) is 0.868. The maximum absolute atomic E-state index is 12.2. The molecule has 2 aromatic rings. The second-order valence-electron chi connectivity index (χ2n) is 7.82. The van der Waals surface area contributed by atoms with Crippen molar-refractivity contribution in [1.29, 1.82) is 0 Å². The lowest BCUT2D eigenvalue weighted by molar-refractivity contribution is -0.0946. The minimum absolute atomic E-state index is 0.0255. The molecular weight excluding hydrogens is 342 g/mol. The van der Waals surface area contributed by atoms with Gasteiger partial charge in [-0.15, -0.1) is 0 Å². The molecule has 0 aromatic heterocycles. The van der Waals surface area contributed by atoms with Crippen LogP contribution < -0.4 is 5.32 Å². The highest BCUT2D eigenvalue weighted by Crippen LogP contribution is 2.44. The molecular formula is C22H25NO4. The Morgan fingerprint density at radius 3 is 2.30 bits per heavy atom. The van der Waals surface area contributed by atoms with E-state index in [4.69, 9.17) is 9.47 Å². The van der Waals surface area contributed by atoms with Gasteiger partial charge in [0.15, 0.2) is 0 Å². The predicted octanol–water partition coefficient (Wildman–Crippen LogP) is 3.46. The Kier molecular flexibility index (Phi) is 4.44. The molecule has 1 aliphatic heterocycles. The van der Waals surface area contributed by atoms with E-state index < -0.39 is 17.3 Å². The highest BCUT2D eigenvalue weighted by Gasteiger charge is 2.49. The topological polar surface area (TPSA) is 67.8 Å². The molecule has 2 aromatic carbocycles. The Labute approximate surface area is 159 Å². The first-order chi connectivity index (χ1) is 12.9. The molecule has 2 aliphatic rings. The first-order valence-corrected chi connectivity index (χ1v) is 9.36. The maximum atomic E-state index is 12.2. The monoisotopic (exact) mass is 367 g/mol. The molecule has 1 heterocycles. The highest BCUT2D eigenvalue weighted by molar-refractivity contribution is 5.79. The highest BCUT2D eigenvalue weighted by atomic mass is 16.6. The van der Waals surface area contributed by atoms with Crippen LogP contribution in [0, 0.1) is 0 Å². The predicted molar refractivity (Wildman–Crippen MR) is 103 cm³/mol. The fourth-order valence-corrected chi connectivity index (χ4v) is 4.08.